The molecule has 3 aromatic rings. The van der Waals surface area contributed by atoms with Crippen LogP contribution in [0.2, 0.25) is 0 Å². The van der Waals surface area contributed by atoms with Gasteiger partial charge in [0.05, 0.1) is 6.04 Å². The summed E-state index contributed by atoms with van der Waals surface area (Å²) in [4.78, 5) is 18.4. The van der Waals surface area contributed by atoms with Gasteiger partial charge in [0.15, 0.2) is 0 Å². The zero-order chi connectivity index (χ0) is 24.0. The molecule has 3 aromatic carbocycles. The monoisotopic (exact) mass is 468 g/mol. The molecule has 35 heavy (non-hydrogen) atoms. The van der Waals surface area contributed by atoms with E-state index in [1.54, 1.807) is 6.07 Å². The lowest BCUT2D eigenvalue weighted by molar-refractivity contribution is 0.0202. The number of rotatable bonds is 6. The van der Waals surface area contributed by atoms with Crippen molar-refractivity contribution in [1.29, 1.82) is 0 Å². The molecule has 2 aliphatic heterocycles. The quantitative estimate of drug-likeness (QED) is 0.541. The minimum atomic E-state index is -0.202. The Morgan fingerprint density at radius 3 is 2.46 bits per heavy atom. The Bertz CT molecular complexity index is 1210. The SMILES string of the molecule is CCCN1CC(Oc2ccc(C3c4ccc(O)cc4CC4(CC4)N3C(=O)c3ccccc3)cc2)C1. The first-order valence-corrected chi connectivity index (χ1v) is 12.8. The molecular formula is C30H32N2O3. The van der Waals surface area contributed by atoms with Crippen LogP contribution in [-0.2, 0) is 6.42 Å². The van der Waals surface area contributed by atoms with E-state index in [1.165, 1.54) is 6.42 Å². The topological polar surface area (TPSA) is 53.0 Å². The number of fused-ring (bicyclic) bond motifs is 1. The number of hydrogen-bond acceptors (Lipinski definition) is 4. The van der Waals surface area contributed by atoms with Gasteiger partial charge in [-0.05, 0) is 85.3 Å². The van der Waals surface area contributed by atoms with Crippen molar-refractivity contribution in [1.82, 2.24) is 9.80 Å². The molecule has 1 unspecified atom stereocenters. The van der Waals surface area contributed by atoms with E-state index in [-0.39, 0.29) is 29.3 Å². The van der Waals surface area contributed by atoms with Gasteiger partial charge in [-0.1, -0.05) is 43.3 Å². The number of ether oxygens (including phenoxy) is 1. The Labute approximate surface area is 206 Å². The van der Waals surface area contributed by atoms with Crippen molar-refractivity contribution in [3.8, 4) is 11.5 Å². The Hall–Kier alpha value is -3.31. The molecule has 6 rings (SSSR count). The number of amides is 1. The van der Waals surface area contributed by atoms with Gasteiger partial charge in [-0.25, -0.2) is 0 Å². The van der Waals surface area contributed by atoms with E-state index in [2.05, 4.69) is 28.9 Å². The van der Waals surface area contributed by atoms with Gasteiger partial charge in [0.1, 0.15) is 17.6 Å². The predicted molar refractivity (Wildman–Crippen MR) is 136 cm³/mol. The summed E-state index contributed by atoms with van der Waals surface area (Å²) in [6.07, 6.45) is 4.16. The molecule has 2 heterocycles. The number of nitrogens with zero attached hydrogens (tertiary/aromatic N) is 2. The van der Waals surface area contributed by atoms with E-state index < -0.39 is 0 Å². The van der Waals surface area contributed by atoms with E-state index >= 15 is 0 Å². The van der Waals surface area contributed by atoms with Crippen molar-refractivity contribution in [2.75, 3.05) is 19.6 Å². The van der Waals surface area contributed by atoms with Crippen LogP contribution in [0.25, 0.3) is 0 Å². The number of carbonyl (C=O) groups excluding carboxylic acids is 1. The van der Waals surface area contributed by atoms with Crippen LogP contribution in [0.5, 0.6) is 11.5 Å². The van der Waals surface area contributed by atoms with E-state index in [9.17, 15) is 9.90 Å². The maximum atomic E-state index is 13.9. The summed E-state index contributed by atoms with van der Waals surface area (Å²) in [6, 6.07) is 23.3. The zero-order valence-corrected chi connectivity index (χ0v) is 20.2. The molecule has 5 heteroatoms. The highest BCUT2D eigenvalue weighted by Crippen LogP contribution is 2.55. The summed E-state index contributed by atoms with van der Waals surface area (Å²) in [5.74, 6) is 1.22. The molecule has 3 aliphatic rings. The molecular weight excluding hydrogens is 436 g/mol. The maximum absolute atomic E-state index is 13.9. The third-order valence-corrected chi connectivity index (χ3v) is 7.74. The van der Waals surface area contributed by atoms with Gasteiger partial charge in [-0.15, -0.1) is 0 Å². The molecule has 180 valence electrons. The van der Waals surface area contributed by atoms with E-state index in [0.717, 1.165) is 61.3 Å². The number of likely N-dealkylation sites (tertiary alicyclic amines) is 1. The smallest absolute Gasteiger partial charge is 0.255 e. The Kier molecular flexibility index (Phi) is 5.53. The van der Waals surface area contributed by atoms with Crippen molar-refractivity contribution in [3.63, 3.8) is 0 Å². The van der Waals surface area contributed by atoms with Crippen LogP contribution < -0.4 is 4.74 Å². The van der Waals surface area contributed by atoms with Crippen molar-refractivity contribution in [2.45, 2.75) is 50.3 Å². The second-order valence-corrected chi connectivity index (χ2v) is 10.3. The minimum absolute atomic E-state index is 0.0673. The number of benzene rings is 3. The molecule has 1 atom stereocenters. The lowest BCUT2D eigenvalue weighted by atomic mass is 9.82. The first-order valence-electron chi connectivity index (χ1n) is 12.8. The molecule has 1 saturated heterocycles. The van der Waals surface area contributed by atoms with Gasteiger partial charge in [-0.3, -0.25) is 9.69 Å². The third-order valence-electron chi connectivity index (χ3n) is 7.74. The average Bonchev–Trinajstić information content (AvgIpc) is 3.61. The third kappa shape index (κ3) is 4.08. The number of carbonyl (C=O) groups is 1. The molecule has 1 N–H and O–H groups in total. The highest BCUT2D eigenvalue weighted by Gasteiger charge is 2.56. The van der Waals surface area contributed by atoms with E-state index in [4.69, 9.17) is 4.74 Å². The average molecular weight is 469 g/mol. The maximum Gasteiger partial charge on any atom is 0.255 e. The largest absolute Gasteiger partial charge is 0.508 e. The summed E-state index contributed by atoms with van der Waals surface area (Å²) < 4.78 is 6.20. The van der Waals surface area contributed by atoms with Crippen LogP contribution in [0.15, 0.2) is 72.8 Å². The molecule has 2 fully saturated rings. The number of aromatic hydroxyl groups is 1. The van der Waals surface area contributed by atoms with E-state index in [1.807, 2.05) is 54.6 Å². The van der Waals surface area contributed by atoms with Crippen molar-refractivity contribution in [3.05, 3.63) is 95.1 Å². The fourth-order valence-electron chi connectivity index (χ4n) is 5.82. The van der Waals surface area contributed by atoms with Gasteiger partial charge in [0, 0.05) is 24.2 Å². The number of hydrogen-bond donors (Lipinski definition) is 1. The molecule has 1 spiro atoms. The molecule has 0 radical (unpaired) electrons. The van der Waals surface area contributed by atoms with Gasteiger partial charge < -0.3 is 14.7 Å². The Morgan fingerprint density at radius 2 is 1.77 bits per heavy atom. The highest BCUT2D eigenvalue weighted by molar-refractivity contribution is 5.96. The predicted octanol–water partition coefficient (Wildman–Crippen LogP) is 5.19. The molecule has 0 aromatic heterocycles. The number of phenolic OH excluding ortho intramolecular Hbond substituents is 1. The normalized spacial score (nSPS) is 20.8. The summed E-state index contributed by atoms with van der Waals surface area (Å²) in [5, 5.41) is 10.2. The molecule has 1 saturated carbocycles. The van der Waals surface area contributed by atoms with E-state index in [0.29, 0.717) is 5.56 Å². The first kappa shape index (κ1) is 22.2. The van der Waals surface area contributed by atoms with Gasteiger partial charge >= 0.3 is 0 Å². The van der Waals surface area contributed by atoms with Crippen LogP contribution in [0.3, 0.4) is 0 Å². The van der Waals surface area contributed by atoms with Gasteiger partial charge in [-0.2, -0.15) is 0 Å². The minimum Gasteiger partial charge on any atom is -0.508 e. The Morgan fingerprint density at radius 1 is 1.03 bits per heavy atom. The second kappa shape index (κ2) is 8.72. The molecule has 1 amide bonds. The van der Waals surface area contributed by atoms with Gasteiger partial charge in [0.2, 0.25) is 0 Å². The highest BCUT2D eigenvalue weighted by atomic mass is 16.5. The zero-order valence-electron chi connectivity index (χ0n) is 20.2. The summed E-state index contributed by atoms with van der Waals surface area (Å²) in [5.41, 5.74) is 3.82. The fraction of sp³-hybridized carbons (Fsp3) is 0.367. The fourth-order valence-corrected chi connectivity index (χ4v) is 5.82. The standard InChI is InChI=1S/C30H32N2O3/c1-2-16-31-19-26(20-31)35-25-11-8-21(9-12-25)28-27-13-10-24(33)17-23(27)18-30(14-15-30)32(28)29(34)22-6-4-3-5-7-22/h3-13,17,26,28,33H,2,14-16,18-20H2,1H3. The summed E-state index contributed by atoms with van der Waals surface area (Å²) >= 11 is 0. The van der Waals surface area contributed by atoms with Crippen LogP contribution in [0, 0.1) is 0 Å². The van der Waals surface area contributed by atoms with Crippen molar-refractivity contribution < 1.29 is 14.6 Å². The first-order chi connectivity index (χ1) is 17.1. The lowest BCUT2D eigenvalue weighted by Crippen LogP contribution is -2.53. The molecule has 5 nitrogen and oxygen atoms in total. The summed E-state index contributed by atoms with van der Waals surface area (Å²) in [6.45, 7) is 5.30. The molecule has 0 bridgehead atoms. The summed E-state index contributed by atoms with van der Waals surface area (Å²) in [7, 11) is 0. The lowest BCUT2D eigenvalue weighted by Gasteiger charge is -2.44. The van der Waals surface area contributed by atoms with Crippen LogP contribution in [0.4, 0.5) is 0 Å². The van der Waals surface area contributed by atoms with Crippen LogP contribution in [-0.4, -0.2) is 52.1 Å². The van der Waals surface area contributed by atoms with Crippen molar-refractivity contribution in [2.24, 2.45) is 0 Å². The van der Waals surface area contributed by atoms with Gasteiger partial charge in [0.25, 0.3) is 5.91 Å². The Balaban J connectivity index is 1.33. The van der Waals surface area contributed by atoms with Crippen LogP contribution >= 0.6 is 0 Å². The number of phenols is 1. The molecule has 1 aliphatic carbocycles. The van der Waals surface area contributed by atoms with Crippen LogP contribution in [0.1, 0.15) is 59.3 Å². The second-order valence-electron chi connectivity index (χ2n) is 10.3. The van der Waals surface area contributed by atoms with Crippen molar-refractivity contribution >= 4 is 5.91 Å².